The lowest BCUT2D eigenvalue weighted by Gasteiger charge is -2.15. The van der Waals surface area contributed by atoms with Gasteiger partial charge >= 0.3 is 0 Å². The van der Waals surface area contributed by atoms with E-state index in [0.717, 1.165) is 11.3 Å². The van der Waals surface area contributed by atoms with Crippen molar-refractivity contribution < 1.29 is 9.50 Å². The Labute approximate surface area is 83.3 Å². The minimum Gasteiger partial charge on any atom is -0.392 e. The molecule has 2 nitrogen and oxygen atoms in total. The van der Waals surface area contributed by atoms with Gasteiger partial charge in [-0.25, -0.2) is 4.39 Å². The highest BCUT2D eigenvalue weighted by molar-refractivity contribution is 5.67. The van der Waals surface area contributed by atoms with Gasteiger partial charge in [-0.3, -0.25) is 0 Å². The van der Waals surface area contributed by atoms with E-state index in [9.17, 15) is 4.39 Å². The van der Waals surface area contributed by atoms with Crippen molar-refractivity contribution in [3.8, 4) is 0 Å². The van der Waals surface area contributed by atoms with E-state index >= 15 is 0 Å². The first-order chi connectivity index (χ1) is 6.65. The number of hydrogen-bond acceptors (Lipinski definition) is 2. The van der Waals surface area contributed by atoms with Crippen LogP contribution in [0.2, 0.25) is 0 Å². The van der Waals surface area contributed by atoms with Gasteiger partial charge in [0.2, 0.25) is 0 Å². The van der Waals surface area contributed by atoms with E-state index in [0.29, 0.717) is 0 Å². The largest absolute Gasteiger partial charge is 0.392 e. The smallest absolute Gasteiger partial charge is 0.123 e. The maximum atomic E-state index is 12.9. The van der Waals surface area contributed by atoms with Gasteiger partial charge in [0.15, 0.2) is 0 Å². The van der Waals surface area contributed by atoms with Gasteiger partial charge in [-0.05, 0) is 18.2 Å². The number of halogens is 1. The summed E-state index contributed by atoms with van der Waals surface area (Å²) in [6, 6.07) is 4.58. The van der Waals surface area contributed by atoms with E-state index in [-0.39, 0.29) is 12.4 Å². The minimum atomic E-state index is -0.270. The monoisotopic (exact) mass is 195 g/mol. The molecule has 0 bridgehead atoms. The van der Waals surface area contributed by atoms with E-state index in [1.54, 1.807) is 18.2 Å². The molecule has 3 heteroatoms. The predicted molar refractivity (Wildman–Crippen MR) is 56.8 cm³/mol. The molecule has 0 atom stereocenters. The van der Waals surface area contributed by atoms with Crippen LogP contribution in [0.4, 0.5) is 10.1 Å². The summed E-state index contributed by atoms with van der Waals surface area (Å²) in [4.78, 5) is 1.90. The molecule has 0 aliphatic heterocycles. The van der Waals surface area contributed by atoms with Crippen molar-refractivity contribution in [2.45, 2.75) is 0 Å². The van der Waals surface area contributed by atoms with Gasteiger partial charge in [-0.15, -0.1) is 0 Å². The molecule has 0 aliphatic carbocycles. The number of hydrogen-bond donors (Lipinski definition) is 1. The molecule has 1 rings (SSSR count). The Bertz CT molecular complexity index is 334. The Kier molecular flexibility index (Phi) is 3.65. The molecule has 1 aromatic carbocycles. The standard InChI is InChI=1S/C11H14FNO/c1-13(2)11-6-5-10(12)8-9(11)4-3-7-14/h3-6,8,14H,7H2,1-2H3/b4-3+. The fourth-order valence-corrected chi connectivity index (χ4v) is 1.25. The molecule has 0 amide bonds. The van der Waals surface area contributed by atoms with Crippen LogP contribution in [0.15, 0.2) is 24.3 Å². The fourth-order valence-electron chi connectivity index (χ4n) is 1.25. The summed E-state index contributed by atoms with van der Waals surface area (Å²) in [6.45, 7) is -0.0383. The van der Waals surface area contributed by atoms with Crippen LogP contribution in [0.1, 0.15) is 5.56 Å². The Balaban J connectivity index is 3.09. The summed E-state index contributed by atoms with van der Waals surface area (Å²) in [5, 5.41) is 8.63. The van der Waals surface area contributed by atoms with Gasteiger partial charge in [0.05, 0.1) is 6.61 Å². The van der Waals surface area contributed by atoms with Crippen molar-refractivity contribution in [3.63, 3.8) is 0 Å². The number of rotatable bonds is 3. The van der Waals surface area contributed by atoms with Crippen LogP contribution < -0.4 is 4.90 Å². The first kappa shape index (κ1) is 10.7. The minimum absolute atomic E-state index is 0.0383. The molecule has 0 saturated heterocycles. The van der Waals surface area contributed by atoms with Gasteiger partial charge in [0, 0.05) is 25.3 Å². The van der Waals surface area contributed by atoms with E-state index in [1.165, 1.54) is 12.1 Å². The Morgan fingerprint density at radius 3 is 2.71 bits per heavy atom. The lowest BCUT2D eigenvalue weighted by Crippen LogP contribution is -2.10. The van der Waals surface area contributed by atoms with Gasteiger partial charge in [-0.2, -0.15) is 0 Å². The topological polar surface area (TPSA) is 23.5 Å². The molecule has 76 valence electrons. The number of anilines is 1. The molecular formula is C11H14FNO. The van der Waals surface area contributed by atoms with Crippen molar-refractivity contribution in [2.75, 3.05) is 25.6 Å². The van der Waals surface area contributed by atoms with E-state index < -0.39 is 0 Å². The summed E-state index contributed by atoms with van der Waals surface area (Å²) in [7, 11) is 3.78. The second-order valence-electron chi connectivity index (χ2n) is 3.18. The first-order valence-electron chi connectivity index (χ1n) is 4.39. The Hall–Kier alpha value is -1.35. The highest BCUT2D eigenvalue weighted by Crippen LogP contribution is 2.20. The van der Waals surface area contributed by atoms with Crippen molar-refractivity contribution in [1.82, 2.24) is 0 Å². The van der Waals surface area contributed by atoms with Crippen LogP contribution in [0.25, 0.3) is 6.08 Å². The lowest BCUT2D eigenvalue weighted by atomic mass is 10.1. The quantitative estimate of drug-likeness (QED) is 0.796. The average molecular weight is 195 g/mol. The maximum Gasteiger partial charge on any atom is 0.123 e. The fraction of sp³-hybridized carbons (Fsp3) is 0.273. The summed E-state index contributed by atoms with van der Waals surface area (Å²) in [5.41, 5.74) is 1.69. The number of nitrogens with zero attached hydrogens (tertiary/aromatic N) is 1. The van der Waals surface area contributed by atoms with Crippen molar-refractivity contribution >= 4 is 11.8 Å². The zero-order valence-corrected chi connectivity index (χ0v) is 8.37. The van der Waals surface area contributed by atoms with Crippen LogP contribution in [-0.2, 0) is 0 Å². The molecule has 0 heterocycles. The molecule has 0 unspecified atom stereocenters. The van der Waals surface area contributed by atoms with Crippen LogP contribution in [-0.4, -0.2) is 25.8 Å². The summed E-state index contributed by atoms with van der Waals surface area (Å²) in [6.07, 6.45) is 3.29. The molecule has 0 saturated carbocycles. The maximum absolute atomic E-state index is 12.9. The Morgan fingerprint density at radius 1 is 1.43 bits per heavy atom. The molecule has 14 heavy (non-hydrogen) atoms. The van der Waals surface area contributed by atoms with Gasteiger partial charge in [0.1, 0.15) is 5.82 Å². The normalized spacial score (nSPS) is 10.9. The van der Waals surface area contributed by atoms with E-state index in [4.69, 9.17) is 5.11 Å². The summed E-state index contributed by atoms with van der Waals surface area (Å²) < 4.78 is 12.9. The lowest BCUT2D eigenvalue weighted by molar-refractivity contribution is 0.343. The van der Waals surface area contributed by atoms with E-state index in [1.807, 2.05) is 19.0 Å². The summed E-state index contributed by atoms with van der Waals surface area (Å²) >= 11 is 0. The third-order valence-electron chi connectivity index (χ3n) is 1.87. The molecule has 0 spiro atoms. The van der Waals surface area contributed by atoms with Gasteiger partial charge < -0.3 is 10.0 Å². The first-order valence-corrected chi connectivity index (χ1v) is 4.39. The van der Waals surface area contributed by atoms with Gasteiger partial charge in [-0.1, -0.05) is 12.2 Å². The molecular weight excluding hydrogens is 181 g/mol. The molecule has 0 fully saturated rings. The zero-order valence-electron chi connectivity index (χ0n) is 8.37. The Morgan fingerprint density at radius 2 is 2.14 bits per heavy atom. The van der Waals surface area contributed by atoms with Crippen molar-refractivity contribution in [3.05, 3.63) is 35.7 Å². The zero-order chi connectivity index (χ0) is 10.6. The third kappa shape index (κ3) is 2.57. The third-order valence-corrected chi connectivity index (χ3v) is 1.87. The number of aliphatic hydroxyl groups is 1. The highest BCUT2D eigenvalue weighted by Gasteiger charge is 2.02. The molecule has 0 aliphatic rings. The van der Waals surface area contributed by atoms with Crippen molar-refractivity contribution in [1.29, 1.82) is 0 Å². The van der Waals surface area contributed by atoms with Crippen LogP contribution in [0, 0.1) is 5.82 Å². The molecule has 0 aromatic heterocycles. The SMILES string of the molecule is CN(C)c1ccc(F)cc1/C=C/CO. The van der Waals surface area contributed by atoms with Crippen LogP contribution in [0.5, 0.6) is 0 Å². The second-order valence-corrected chi connectivity index (χ2v) is 3.18. The van der Waals surface area contributed by atoms with E-state index in [2.05, 4.69) is 0 Å². The molecule has 1 aromatic rings. The van der Waals surface area contributed by atoms with Gasteiger partial charge in [0.25, 0.3) is 0 Å². The average Bonchev–Trinajstić information content (AvgIpc) is 2.14. The second kappa shape index (κ2) is 4.77. The number of benzene rings is 1. The predicted octanol–water partition coefficient (Wildman–Crippen LogP) is 1.90. The van der Waals surface area contributed by atoms with Crippen molar-refractivity contribution in [2.24, 2.45) is 0 Å². The molecule has 0 radical (unpaired) electrons. The van der Waals surface area contributed by atoms with Crippen LogP contribution >= 0.6 is 0 Å². The molecule has 1 N–H and O–H groups in total. The van der Waals surface area contributed by atoms with Crippen LogP contribution in [0.3, 0.4) is 0 Å². The number of aliphatic hydroxyl groups excluding tert-OH is 1. The highest BCUT2D eigenvalue weighted by atomic mass is 19.1. The summed E-state index contributed by atoms with van der Waals surface area (Å²) in [5.74, 6) is -0.270.